The fourth-order valence-electron chi connectivity index (χ4n) is 3.08. The van der Waals surface area contributed by atoms with E-state index in [0.717, 1.165) is 17.0 Å². The first-order chi connectivity index (χ1) is 15.3. The maximum Gasteiger partial charge on any atom is 0.416 e. The minimum atomic E-state index is -4.42. The van der Waals surface area contributed by atoms with Crippen LogP contribution in [0.15, 0.2) is 58.3 Å². The Bertz CT molecular complexity index is 991. The number of anilines is 1. The van der Waals surface area contributed by atoms with Crippen molar-refractivity contribution in [2.75, 3.05) is 31.2 Å². The molecular weight excluding hydrogens is 441 g/mol. The average Bonchev–Trinajstić information content (AvgIpc) is 2.76. The van der Waals surface area contributed by atoms with Gasteiger partial charge in [0.05, 0.1) is 16.2 Å². The van der Waals surface area contributed by atoms with Crippen molar-refractivity contribution >= 4 is 35.3 Å². The van der Waals surface area contributed by atoms with E-state index < -0.39 is 11.7 Å². The number of hydrogen-bond donors (Lipinski definition) is 1. The molecule has 0 bridgehead atoms. The van der Waals surface area contributed by atoms with Gasteiger partial charge in [-0.15, -0.1) is 0 Å². The molecule has 2 aromatic carbocycles. The van der Waals surface area contributed by atoms with Gasteiger partial charge in [0.25, 0.3) is 5.91 Å². The van der Waals surface area contributed by atoms with Crippen molar-refractivity contribution in [2.45, 2.75) is 24.4 Å². The molecule has 0 radical (unpaired) electrons. The van der Waals surface area contributed by atoms with Gasteiger partial charge in [-0.1, -0.05) is 36.0 Å². The fourth-order valence-corrected chi connectivity index (χ4v) is 4.14. The van der Waals surface area contributed by atoms with Crippen LogP contribution in [0.5, 0.6) is 0 Å². The molecule has 0 fully saturated rings. The highest BCUT2D eigenvalue weighted by molar-refractivity contribution is 8.04. The summed E-state index contributed by atoms with van der Waals surface area (Å²) >= 11 is 1.23. The molecule has 0 atom stereocenters. The molecule has 0 saturated heterocycles. The van der Waals surface area contributed by atoms with Gasteiger partial charge in [0.2, 0.25) is 5.91 Å². The van der Waals surface area contributed by atoms with Crippen LogP contribution in [0.2, 0.25) is 0 Å². The van der Waals surface area contributed by atoms with E-state index in [2.05, 4.69) is 5.32 Å². The number of nitrogens with one attached hydrogen (secondary N) is 1. The molecule has 170 valence electrons. The third kappa shape index (κ3) is 6.14. The summed E-state index contributed by atoms with van der Waals surface area (Å²) in [5, 5.41) is 2.78. The Morgan fingerprint density at radius 1 is 1.16 bits per heavy atom. The maximum atomic E-state index is 13.1. The van der Waals surface area contributed by atoms with E-state index in [1.165, 1.54) is 34.9 Å². The van der Waals surface area contributed by atoms with E-state index in [0.29, 0.717) is 42.3 Å². The van der Waals surface area contributed by atoms with Crippen LogP contribution in [0, 0.1) is 0 Å². The molecule has 0 spiro atoms. The Labute approximate surface area is 188 Å². The van der Waals surface area contributed by atoms with E-state index in [9.17, 15) is 22.8 Å². The Hall–Kier alpha value is -2.78. The van der Waals surface area contributed by atoms with Gasteiger partial charge in [-0.25, -0.2) is 0 Å². The number of ether oxygens (including phenoxy) is 1. The van der Waals surface area contributed by atoms with Crippen LogP contribution < -0.4 is 10.2 Å². The molecule has 2 amide bonds. The quantitative estimate of drug-likeness (QED) is 0.453. The first-order valence-corrected chi connectivity index (χ1v) is 10.9. The van der Waals surface area contributed by atoms with Gasteiger partial charge in [0, 0.05) is 24.7 Å². The number of halogens is 3. The standard InChI is InChI=1S/C23H23F3N2O3S/c1-2-31-13-5-12-27-21(29)15-28-18-6-3-4-7-19(18)32-20(22(28)30)14-16-8-10-17(11-9-16)23(24,25)26/h3-4,6-11,14H,2,5,12-13,15H2,1H3,(H,27,29)/b20-14-. The van der Waals surface area contributed by atoms with E-state index in [4.69, 9.17) is 4.74 Å². The molecule has 1 N–H and O–H groups in total. The van der Waals surface area contributed by atoms with E-state index in [1.54, 1.807) is 12.1 Å². The number of thioether (sulfide) groups is 1. The number of para-hydroxylation sites is 1. The van der Waals surface area contributed by atoms with Crippen molar-refractivity contribution in [3.05, 3.63) is 64.6 Å². The lowest BCUT2D eigenvalue weighted by Crippen LogP contribution is -2.43. The SMILES string of the molecule is CCOCCCNC(=O)CN1C(=O)/C(=C/c2ccc(C(F)(F)F)cc2)Sc2ccccc21. The second-order valence-corrected chi connectivity index (χ2v) is 8.07. The van der Waals surface area contributed by atoms with Gasteiger partial charge in [-0.05, 0) is 49.2 Å². The number of alkyl halides is 3. The fraction of sp³-hybridized carbons (Fsp3) is 0.304. The summed E-state index contributed by atoms with van der Waals surface area (Å²) in [6.45, 7) is 3.32. The van der Waals surface area contributed by atoms with Crippen molar-refractivity contribution in [3.63, 3.8) is 0 Å². The van der Waals surface area contributed by atoms with E-state index >= 15 is 0 Å². The highest BCUT2D eigenvalue weighted by Gasteiger charge is 2.31. The molecule has 2 aromatic rings. The van der Waals surface area contributed by atoms with Crippen molar-refractivity contribution in [2.24, 2.45) is 0 Å². The number of rotatable bonds is 8. The number of carbonyl (C=O) groups is 2. The van der Waals surface area contributed by atoms with Crippen molar-refractivity contribution in [1.82, 2.24) is 5.32 Å². The predicted molar refractivity (Wildman–Crippen MR) is 118 cm³/mol. The van der Waals surface area contributed by atoms with Gasteiger partial charge in [-0.3, -0.25) is 14.5 Å². The van der Waals surface area contributed by atoms with E-state index in [-0.39, 0.29) is 18.4 Å². The number of carbonyl (C=O) groups excluding carboxylic acids is 2. The van der Waals surface area contributed by atoms with Crippen LogP contribution in [0.1, 0.15) is 24.5 Å². The molecule has 1 heterocycles. The summed E-state index contributed by atoms with van der Waals surface area (Å²) in [6, 6.07) is 11.8. The molecule has 0 aromatic heterocycles. The van der Waals surface area contributed by atoms with Crippen LogP contribution in [0.4, 0.5) is 18.9 Å². The van der Waals surface area contributed by atoms with Crippen LogP contribution in [0.3, 0.4) is 0 Å². The highest BCUT2D eigenvalue weighted by atomic mass is 32.2. The Balaban J connectivity index is 1.77. The molecule has 3 rings (SSSR count). The second-order valence-electron chi connectivity index (χ2n) is 6.99. The molecule has 32 heavy (non-hydrogen) atoms. The smallest absolute Gasteiger partial charge is 0.382 e. The lowest BCUT2D eigenvalue weighted by molar-refractivity contribution is -0.137. The van der Waals surface area contributed by atoms with Gasteiger partial charge >= 0.3 is 6.18 Å². The first-order valence-electron chi connectivity index (χ1n) is 10.1. The molecule has 5 nitrogen and oxygen atoms in total. The maximum absolute atomic E-state index is 13.1. The second kappa shape index (κ2) is 10.7. The molecule has 1 aliphatic heterocycles. The van der Waals surface area contributed by atoms with Crippen molar-refractivity contribution in [3.8, 4) is 0 Å². The molecule has 1 aliphatic rings. The Morgan fingerprint density at radius 3 is 2.56 bits per heavy atom. The van der Waals surface area contributed by atoms with Crippen molar-refractivity contribution in [1.29, 1.82) is 0 Å². The largest absolute Gasteiger partial charge is 0.416 e. The molecular formula is C23H23F3N2O3S. The summed E-state index contributed by atoms with van der Waals surface area (Å²) in [5.74, 6) is -0.677. The summed E-state index contributed by atoms with van der Waals surface area (Å²) in [5.41, 5.74) is 0.334. The summed E-state index contributed by atoms with van der Waals surface area (Å²) in [4.78, 5) is 28.0. The zero-order valence-electron chi connectivity index (χ0n) is 17.4. The Kier molecular flexibility index (Phi) is 7.98. The van der Waals surface area contributed by atoms with Crippen LogP contribution in [-0.4, -0.2) is 38.1 Å². The zero-order chi connectivity index (χ0) is 23.1. The third-order valence-corrected chi connectivity index (χ3v) is 5.74. The normalized spacial score (nSPS) is 15.1. The monoisotopic (exact) mass is 464 g/mol. The predicted octanol–water partition coefficient (Wildman–Crippen LogP) is 4.73. The van der Waals surface area contributed by atoms with Gasteiger partial charge in [-0.2, -0.15) is 13.2 Å². The lowest BCUT2D eigenvalue weighted by atomic mass is 10.1. The number of benzene rings is 2. The number of fused-ring (bicyclic) bond motifs is 1. The highest BCUT2D eigenvalue weighted by Crippen LogP contribution is 2.42. The van der Waals surface area contributed by atoms with Gasteiger partial charge < -0.3 is 10.1 Å². The summed E-state index contributed by atoms with van der Waals surface area (Å²) < 4.78 is 43.6. The van der Waals surface area contributed by atoms with Crippen LogP contribution in [-0.2, 0) is 20.5 Å². The molecule has 0 unspecified atom stereocenters. The average molecular weight is 465 g/mol. The number of amides is 2. The van der Waals surface area contributed by atoms with Gasteiger partial charge in [0.1, 0.15) is 6.54 Å². The van der Waals surface area contributed by atoms with E-state index in [1.807, 2.05) is 19.1 Å². The molecule has 0 aliphatic carbocycles. The molecule has 9 heteroatoms. The third-order valence-electron chi connectivity index (χ3n) is 4.66. The first kappa shape index (κ1) is 23.9. The van der Waals surface area contributed by atoms with Gasteiger partial charge in [0.15, 0.2) is 0 Å². The van der Waals surface area contributed by atoms with Crippen molar-refractivity contribution < 1.29 is 27.5 Å². The minimum Gasteiger partial charge on any atom is -0.382 e. The summed E-state index contributed by atoms with van der Waals surface area (Å²) in [6.07, 6.45) is -2.22. The topological polar surface area (TPSA) is 58.6 Å². The lowest BCUT2D eigenvalue weighted by Gasteiger charge is -2.29. The Morgan fingerprint density at radius 2 is 1.88 bits per heavy atom. The van der Waals surface area contributed by atoms with Crippen LogP contribution >= 0.6 is 11.8 Å². The minimum absolute atomic E-state index is 0.157. The zero-order valence-corrected chi connectivity index (χ0v) is 18.3. The number of hydrogen-bond acceptors (Lipinski definition) is 4. The number of nitrogens with zero attached hydrogens (tertiary/aromatic N) is 1. The van der Waals surface area contributed by atoms with Crippen LogP contribution in [0.25, 0.3) is 6.08 Å². The summed E-state index contributed by atoms with van der Waals surface area (Å²) in [7, 11) is 0. The molecule has 0 saturated carbocycles.